The molecule has 0 saturated carbocycles. The van der Waals surface area contributed by atoms with Crippen molar-refractivity contribution in [1.29, 1.82) is 0 Å². The molecule has 0 spiro atoms. The minimum atomic E-state index is 0.189. The lowest BCUT2D eigenvalue weighted by atomic mass is 10.1. The Labute approximate surface area is 112 Å². The predicted octanol–water partition coefficient (Wildman–Crippen LogP) is 3.93. The first kappa shape index (κ1) is 15.2. The third-order valence-corrected chi connectivity index (χ3v) is 2.99. The van der Waals surface area contributed by atoms with E-state index in [0.29, 0.717) is 0 Å². The molecule has 0 aliphatic rings. The Morgan fingerprint density at radius 2 is 1.83 bits per heavy atom. The van der Waals surface area contributed by atoms with Crippen LogP contribution in [0.3, 0.4) is 0 Å². The van der Waals surface area contributed by atoms with Gasteiger partial charge in [-0.15, -0.1) is 0 Å². The molecule has 0 fully saturated rings. The van der Waals surface area contributed by atoms with Gasteiger partial charge in [-0.05, 0) is 24.9 Å². The van der Waals surface area contributed by atoms with Crippen molar-refractivity contribution < 1.29 is 4.74 Å². The fourth-order valence-electron chi connectivity index (χ4n) is 1.93. The van der Waals surface area contributed by atoms with Gasteiger partial charge in [0, 0.05) is 13.2 Å². The second kappa shape index (κ2) is 10.1. The molecule has 1 atom stereocenters. The third kappa shape index (κ3) is 6.18. The van der Waals surface area contributed by atoms with E-state index >= 15 is 0 Å². The molecule has 0 aromatic heterocycles. The van der Waals surface area contributed by atoms with Crippen molar-refractivity contribution in [2.45, 2.75) is 45.6 Å². The van der Waals surface area contributed by atoms with Gasteiger partial charge >= 0.3 is 0 Å². The van der Waals surface area contributed by atoms with Crippen LogP contribution in [0.4, 0.5) is 0 Å². The van der Waals surface area contributed by atoms with Crippen molar-refractivity contribution >= 4 is 0 Å². The molecule has 1 N–H and O–H groups in total. The summed E-state index contributed by atoms with van der Waals surface area (Å²) in [7, 11) is 0. The van der Waals surface area contributed by atoms with E-state index in [-0.39, 0.29) is 6.10 Å². The second-order valence-electron chi connectivity index (χ2n) is 4.68. The minimum Gasteiger partial charge on any atom is -0.372 e. The highest BCUT2D eigenvalue weighted by Gasteiger charge is 2.10. The number of rotatable bonds is 10. The molecule has 2 nitrogen and oxygen atoms in total. The zero-order valence-electron chi connectivity index (χ0n) is 11.8. The highest BCUT2D eigenvalue weighted by atomic mass is 16.5. The molecular weight excluding hydrogens is 222 g/mol. The Kier molecular flexibility index (Phi) is 8.53. The van der Waals surface area contributed by atoms with E-state index in [1.165, 1.54) is 18.4 Å². The maximum Gasteiger partial charge on any atom is 0.0949 e. The Morgan fingerprint density at radius 3 is 2.50 bits per heavy atom. The molecule has 1 aromatic rings. The van der Waals surface area contributed by atoms with Crippen molar-refractivity contribution in [3.05, 3.63) is 35.9 Å². The lowest BCUT2D eigenvalue weighted by Crippen LogP contribution is -2.24. The van der Waals surface area contributed by atoms with Crippen molar-refractivity contribution in [1.82, 2.24) is 5.32 Å². The van der Waals surface area contributed by atoms with Crippen LogP contribution >= 0.6 is 0 Å². The predicted molar refractivity (Wildman–Crippen MR) is 77.8 cm³/mol. The fraction of sp³-hybridized carbons (Fsp3) is 0.625. The fourth-order valence-corrected chi connectivity index (χ4v) is 1.93. The van der Waals surface area contributed by atoms with Gasteiger partial charge in [0.1, 0.15) is 0 Å². The van der Waals surface area contributed by atoms with Gasteiger partial charge in [0.25, 0.3) is 0 Å². The zero-order chi connectivity index (χ0) is 13.1. The van der Waals surface area contributed by atoms with Gasteiger partial charge in [-0.3, -0.25) is 0 Å². The molecule has 0 aliphatic heterocycles. The van der Waals surface area contributed by atoms with Crippen LogP contribution in [0, 0.1) is 0 Å². The zero-order valence-corrected chi connectivity index (χ0v) is 11.8. The Balaban J connectivity index is 2.42. The molecule has 2 heteroatoms. The maximum absolute atomic E-state index is 6.01. The van der Waals surface area contributed by atoms with E-state index in [0.717, 1.165) is 32.5 Å². The number of benzene rings is 1. The van der Waals surface area contributed by atoms with E-state index in [2.05, 4.69) is 49.5 Å². The summed E-state index contributed by atoms with van der Waals surface area (Å²) in [6, 6.07) is 10.5. The van der Waals surface area contributed by atoms with Crippen molar-refractivity contribution in [3.63, 3.8) is 0 Å². The highest BCUT2D eigenvalue weighted by Crippen LogP contribution is 2.16. The second-order valence-corrected chi connectivity index (χ2v) is 4.68. The Hall–Kier alpha value is -0.860. The van der Waals surface area contributed by atoms with Crippen LogP contribution in [0.15, 0.2) is 30.3 Å². The molecule has 0 bridgehead atoms. The normalized spacial score (nSPS) is 12.6. The molecule has 0 heterocycles. The minimum absolute atomic E-state index is 0.189. The van der Waals surface area contributed by atoms with Crippen LogP contribution in [0.1, 0.15) is 51.2 Å². The summed E-state index contributed by atoms with van der Waals surface area (Å²) in [5.41, 5.74) is 1.28. The molecule has 102 valence electrons. The monoisotopic (exact) mass is 249 g/mol. The summed E-state index contributed by atoms with van der Waals surface area (Å²) in [6.45, 7) is 7.23. The largest absolute Gasteiger partial charge is 0.372 e. The molecule has 1 rings (SSSR count). The number of hydrogen-bond acceptors (Lipinski definition) is 2. The Morgan fingerprint density at radius 1 is 1.06 bits per heavy atom. The molecule has 1 aromatic carbocycles. The van der Waals surface area contributed by atoms with E-state index in [1.807, 2.05) is 0 Å². The van der Waals surface area contributed by atoms with Crippen LogP contribution in [-0.2, 0) is 4.74 Å². The molecule has 0 radical (unpaired) electrons. The third-order valence-electron chi connectivity index (χ3n) is 2.99. The first-order chi connectivity index (χ1) is 8.88. The van der Waals surface area contributed by atoms with Gasteiger partial charge in [-0.2, -0.15) is 0 Å². The van der Waals surface area contributed by atoms with Crippen LogP contribution in [0.2, 0.25) is 0 Å². The SMILES string of the molecule is CCCCCOC(CNCCC)c1ccccc1. The average molecular weight is 249 g/mol. The van der Waals surface area contributed by atoms with Gasteiger partial charge in [0.05, 0.1) is 6.10 Å². The molecular formula is C16H27NO. The van der Waals surface area contributed by atoms with Crippen LogP contribution in [0.5, 0.6) is 0 Å². The van der Waals surface area contributed by atoms with E-state index < -0.39 is 0 Å². The van der Waals surface area contributed by atoms with Gasteiger partial charge < -0.3 is 10.1 Å². The highest BCUT2D eigenvalue weighted by molar-refractivity contribution is 5.17. The first-order valence-electron chi connectivity index (χ1n) is 7.25. The number of ether oxygens (including phenoxy) is 1. The van der Waals surface area contributed by atoms with E-state index in [4.69, 9.17) is 4.74 Å². The van der Waals surface area contributed by atoms with Crippen LogP contribution in [0.25, 0.3) is 0 Å². The lowest BCUT2D eigenvalue weighted by Gasteiger charge is -2.19. The quantitative estimate of drug-likeness (QED) is 0.634. The Bertz CT molecular complexity index is 286. The standard InChI is InChI=1S/C16H27NO/c1-3-5-9-13-18-16(14-17-12-4-2)15-10-7-6-8-11-15/h6-8,10-11,16-17H,3-5,9,12-14H2,1-2H3. The van der Waals surface area contributed by atoms with Crippen molar-refractivity contribution in [2.24, 2.45) is 0 Å². The number of unbranched alkanes of at least 4 members (excludes halogenated alkanes) is 2. The van der Waals surface area contributed by atoms with E-state index in [1.54, 1.807) is 0 Å². The summed E-state index contributed by atoms with van der Waals surface area (Å²) in [5.74, 6) is 0. The number of hydrogen-bond donors (Lipinski definition) is 1. The molecule has 0 saturated heterocycles. The van der Waals surface area contributed by atoms with E-state index in [9.17, 15) is 0 Å². The molecule has 1 unspecified atom stereocenters. The summed E-state index contributed by atoms with van der Waals surface area (Å²) in [4.78, 5) is 0. The maximum atomic E-state index is 6.01. The van der Waals surface area contributed by atoms with Gasteiger partial charge in [0.2, 0.25) is 0 Å². The number of nitrogens with one attached hydrogen (secondary N) is 1. The first-order valence-corrected chi connectivity index (χ1v) is 7.25. The van der Waals surface area contributed by atoms with Gasteiger partial charge in [0.15, 0.2) is 0 Å². The van der Waals surface area contributed by atoms with Crippen molar-refractivity contribution in [3.8, 4) is 0 Å². The molecule has 0 amide bonds. The summed E-state index contributed by atoms with van der Waals surface area (Å²) in [6.07, 6.45) is 5.01. The van der Waals surface area contributed by atoms with Gasteiger partial charge in [-0.1, -0.05) is 57.0 Å². The smallest absolute Gasteiger partial charge is 0.0949 e. The topological polar surface area (TPSA) is 21.3 Å². The summed E-state index contributed by atoms with van der Waals surface area (Å²) in [5, 5.41) is 3.45. The lowest BCUT2D eigenvalue weighted by molar-refractivity contribution is 0.0501. The van der Waals surface area contributed by atoms with Gasteiger partial charge in [-0.25, -0.2) is 0 Å². The van der Waals surface area contributed by atoms with Crippen LogP contribution < -0.4 is 5.32 Å². The summed E-state index contributed by atoms with van der Waals surface area (Å²) >= 11 is 0. The molecule has 0 aliphatic carbocycles. The average Bonchev–Trinajstić information content (AvgIpc) is 2.42. The summed E-state index contributed by atoms with van der Waals surface area (Å²) < 4.78 is 6.01. The van der Waals surface area contributed by atoms with Crippen LogP contribution in [-0.4, -0.2) is 19.7 Å². The molecule has 18 heavy (non-hydrogen) atoms. The van der Waals surface area contributed by atoms with Crippen molar-refractivity contribution in [2.75, 3.05) is 19.7 Å².